The van der Waals surface area contributed by atoms with E-state index in [0.717, 1.165) is 18.9 Å². The average Bonchev–Trinajstić information content (AvgIpc) is 2.48. The summed E-state index contributed by atoms with van der Waals surface area (Å²) in [4.78, 5) is 6.60. The third-order valence-electron chi connectivity index (χ3n) is 2.46. The summed E-state index contributed by atoms with van der Waals surface area (Å²) in [5.74, 6) is 0.735. The fourth-order valence-electron chi connectivity index (χ4n) is 1.93. The summed E-state index contributed by atoms with van der Waals surface area (Å²) in [5.41, 5.74) is 2.80. The fourth-order valence-corrected chi connectivity index (χ4v) is 1.93. The number of hydrogen-bond acceptors (Lipinski definition) is 2. The van der Waals surface area contributed by atoms with Gasteiger partial charge in [0.2, 0.25) is 0 Å². The van der Waals surface area contributed by atoms with E-state index in [2.05, 4.69) is 29.8 Å². The van der Waals surface area contributed by atoms with E-state index in [9.17, 15) is 0 Å². The Kier molecular flexibility index (Phi) is 2.21. The van der Waals surface area contributed by atoms with E-state index in [0.29, 0.717) is 0 Å². The van der Waals surface area contributed by atoms with E-state index in [-0.39, 0.29) is 0 Å². The molecule has 0 bridgehead atoms. The van der Waals surface area contributed by atoms with Gasteiger partial charge in [0.25, 0.3) is 0 Å². The third kappa shape index (κ3) is 1.67. The summed E-state index contributed by atoms with van der Waals surface area (Å²) in [5, 5.41) is 0. The van der Waals surface area contributed by atoms with Gasteiger partial charge in [0.15, 0.2) is 0 Å². The van der Waals surface area contributed by atoms with Crippen molar-refractivity contribution in [2.24, 2.45) is 5.92 Å². The molecule has 0 amide bonds. The zero-order valence-corrected chi connectivity index (χ0v) is 8.33. The van der Waals surface area contributed by atoms with Crippen LogP contribution in [-0.4, -0.2) is 18.1 Å². The van der Waals surface area contributed by atoms with Gasteiger partial charge >= 0.3 is 0 Å². The summed E-state index contributed by atoms with van der Waals surface area (Å²) in [6.45, 7) is 6.86. The molecule has 1 aromatic rings. The molecule has 70 valence electrons. The van der Waals surface area contributed by atoms with E-state index in [1.54, 1.807) is 0 Å². The SMILES string of the molecule is CC(C)CN1CCc2cnccc21. The molecule has 2 nitrogen and oxygen atoms in total. The minimum absolute atomic E-state index is 0.735. The molecule has 0 saturated heterocycles. The number of rotatable bonds is 2. The predicted octanol–water partition coefficient (Wildman–Crippen LogP) is 2.10. The van der Waals surface area contributed by atoms with Crippen LogP contribution in [0.4, 0.5) is 5.69 Å². The van der Waals surface area contributed by atoms with Gasteiger partial charge in [-0.05, 0) is 24.0 Å². The quantitative estimate of drug-likeness (QED) is 0.686. The summed E-state index contributed by atoms with van der Waals surface area (Å²) in [6, 6.07) is 2.13. The first-order valence-electron chi connectivity index (χ1n) is 4.95. The average molecular weight is 176 g/mol. The first kappa shape index (κ1) is 8.54. The third-order valence-corrected chi connectivity index (χ3v) is 2.46. The van der Waals surface area contributed by atoms with E-state index in [1.165, 1.54) is 17.8 Å². The van der Waals surface area contributed by atoms with Crippen LogP contribution in [0.15, 0.2) is 18.5 Å². The molecule has 0 saturated carbocycles. The number of nitrogens with zero attached hydrogens (tertiary/aromatic N) is 2. The Labute approximate surface area is 79.6 Å². The van der Waals surface area contributed by atoms with E-state index in [1.807, 2.05) is 12.4 Å². The summed E-state index contributed by atoms with van der Waals surface area (Å²) >= 11 is 0. The highest BCUT2D eigenvalue weighted by Crippen LogP contribution is 2.26. The Balaban J connectivity index is 2.18. The summed E-state index contributed by atoms with van der Waals surface area (Å²) < 4.78 is 0. The van der Waals surface area contributed by atoms with Crippen molar-refractivity contribution >= 4 is 5.69 Å². The molecule has 1 aliphatic heterocycles. The van der Waals surface area contributed by atoms with Gasteiger partial charge in [-0.15, -0.1) is 0 Å². The largest absolute Gasteiger partial charge is 0.371 e. The number of aromatic nitrogens is 1. The molecule has 2 heteroatoms. The number of hydrogen-bond donors (Lipinski definition) is 0. The van der Waals surface area contributed by atoms with Crippen molar-refractivity contribution in [1.82, 2.24) is 4.98 Å². The highest BCUT2D eigenvalue weighted by molar-refractivity contribution is 5.56. The Morgan fingerprint density at radius 1 is 1.54 bits per heavy atom. The molecule has 1 aliphatic rings. The van der Waals surface area contributed by atoms with Gasteiger partial charge in [0.1, 0.15) is 0 Å². The standard InChI is InChI=1S/C11H16N2/c1-9(2)8-13-6-4-10-7-12-5-3-11(10)13/h3,5,7,9H,4,6,8H2,1-2H3. The van der Waals surface area contributed by atoms with Gasteiger partial charge < -0.3 is 4.90 Å². The van der Waals surface area contributed by atoms with Crippen molar-refractivity contribution in [3.05, 3.63) is 24.0 Å². The van der Waals surface area contributed by atoms with Crippen LogP contribution >= 0.6 is 0 Å². The minimum atomic E-state index is 0.735. The second kappa shape index (κ2) is 3.36. The smallest absolute Gasteiger partial charge is 0.0430 e. The molecule has 0 N–H and O–H groups in total. The van der Waals surface area contributed by atoms with Gasteiger partial charge in [0.05, 0.1) is 0 Å². The molecule has 0 atom stereocenters. The number of anilines is 1. The van der Waals surface area contributed by atoms with Crippen molar-refractivity contribution in [2.75, 3.05) is 18.0 Å². The summed E-state index contributed by atoms with van der Waals surface area (Å²) in [6.07, 6.45) is 5.04. The van der Waals surface area contributed by atoms with Gasteiger partial charge in [-0.1, -0.05) is 13.8 Å². The zero-order chi connectivity index (χ0) is 9.26. The minimum Gasteiger partial charge on any atom is -0.371 e. The maximum Gasteiger partial charge on any atom is 0.0430 e. The Morgan fingerprint density at radius 2 is 2.38 bits per heavy atom. The Hall–Kier alpha value is -1.05. The molecule has 0 radical (unpaired) electrons. The van der Waals surface area contributed by atoms with Crippen LogP contribution in [0.25, 0.3) is 0 Å². The highest BCUT2D eigenvalue weighted by Gasteiger charge is 2.18. The Bertz CT molecular complexity index is 294. The lowest BCUT2D eigenvalue weighted by Gasteiger charge is -2.21. The second-order valence-electron chi connectivity index (χ2n) is 4.09. The van der Waals surface area contributed by atoms with Crippen LogP contribution in [0.5, 0.6) is 0 Å². The first-order valence-corrected chi connectivity index (χ1v) is 4.95. The van der Waals surface area contributed by atoms with Crippen molar-refractivity contribution in [3.8, 4) is 0 Å². The van der Waals surface area contributed by atoms with Gasteiger partial charge in [-0.3, -0.25) is 4.98 Å². The normalized spacial score (nSPS) is 15.2. The highest BCUT2D eigenvalue weighted by atomic mass is 15.1. The molecule has 0 unspecified atom stereocenters. The lowest BCUT2D eigenvalue weighted by molar-refractivity contribution is 0.622. The van der Waals surface area contributed by atoms with Crippen LogP contribution < -0.4 is 4.90 Å². The maximum absolute atomic E-state index is 4.14. The van der Waals surface area contributed by atoms with E-state index < -0.39 is 0 Å². The van der Waals surface area contributed by atoms with Crippen molar-refractivity contribution in [3.63, 3.8) is 0 Å². The summed E-state index contributed by atoms with van der Waals surface area (Å²) in [7, 11) is 0. The molecule has 2 rings (SSSR count). The molecule has 0 aliphatic carbocycles. The van der Waals surface area contributed by atoms with E-state index in [4.69, 9.17) is 0 Å². The topological polar surface area (TPSA) is 16.1 Å². The van der Waals surface area contributed by atoms with E-state index >= 15 is 0 Å². The first-order chi connectivity index (χ1) is 6.27. The fraction of sp³-hybridized carbons (Fsp3) is 0.545. The lowest BCUT2D eigenvalue weighted by Crippen LogP contribution is -2.25. The van der Waals surface area contributed by atoms with Crippen LogP contribution in [0.2, 0.25) is 0 Å². The van der Waals surface area contributed by atoms with Crippen LogP contribution in [-0.2, 0) is 6.42 Å². The number of fused-ring (bicyclic) bond motifs is 1. The molecule has 13 heavy (non-hydrogen) atoms. The molecule has 0 aromatic carbocycles. The zero-order valence-electron chi connectivity index (χ0n) is 8.33. The maximum atomic E-state index is 4.14. The second-order valence-corrected chi connectivity index (χ2v) is 4.09. The lowest BCUT2D eigenvalue weighted by atomic mass is 10.2. The molecule has 2 heterocycles. The predicted molar refractivity (Wildman–Crippen MR) is 55.0 cm³/mol. The van der Waals surface area contributed by atoms with Crippen LogP contribution in [0.3, 0.4) is 0 Å². The van der Waals surface area contributed by atoms with Gasteiger partial charge in [-0.25, -0.2) is 0 Å². The van der Waals surface area contributed by atoms with Crippen molar-refractivity contribution in [1.29, 1.82) is 0 Å². The van der Waals surface area contributed by atoms with Gasteiger partial charge in [0, 0.05) is 31.2 Å². The molecular formula is C11H16N2. The van der Waals surface area contributed by atoms with Crippen molar-refractivity contribution in [2.45, 2.75) is 20.3 Å². The number of pyridine rings is 1. The van der Waals surface area contributed by atoms with Crippen LogP contribution in [0, 0.1) is 5.92 Å². The monoisotopic (exact) mass is 176 g/mol. The molecular weight excluding hydrogens is 160 g/mol. The molecule has 0 fully saturated rings. The molecule has 0 spiro atoms. The van der Waals surface area contributed by atoms with Crippen molar-refractivity contribution < 1.29 is 0 Å². The Morgan fingerprint density at radius 3 is 3.15 bits per heavy atom. The van der Waals surface area contributed by atoms with Crippen LogP contribution in [0.1, 0.15) is 19.4 Å². The van der Waals surface area contributed by atoms with Gasteiger partial charge in [-0.2, -0.15) is 0 Å². The molecule has 1 aromatic heterocycles.